The van der Waals surface area contributed by atoms with Crippen LogP contribution < -0.4 is 0 Å². The van der Waals surface area contributed by atoms with E-state index in [1.54, 1.807) is 18.4 Å². The molecule has 1 N–H and O–H groups in total. The molecule has 0 aliphatic carbocycles. The molecule has 4 rings (SSSR count). The smallest absolute Gasteiger partial charge is 0.310 e. The first-order valence-electron chi connectivity index (χ1n) is 7.41. The third-order valence-corrected chi connectivity index (χ3v) is 3.79. The number of hydrogen-bond donors (Lipinski definition) is 1. The Balaban J connectivity index is 1.73. The minimum absolute atomic E-state index is 0.0769. The summed E-state index contributed by atoms with van der Waals surface area (Å²) < 4.78 is 5.27. The van der Waals surface area contributed by atoms with E-state index in [9.17, 15) is 15.2 Å². The van der Waals surface area contributed by atoms with Crippen molar-refractivity contribution in [3.63, 3.8) is 0 Å². The fourth-order valence-corrected chi connectivity index (χ4v) is 2.60. The minimum atomic E-state index is -0.499. The first-order valence-corrected chi connectivity index (χ1v) is 7.41. The molecule has 7 nitrogen and oxygen atoms in total. The average molecular weight is 333 g/mol. The number of benzene rings is 2. The predicted octanol–water partition coefficient (Wildman–Crippen LogP) is 4.21. The molecule has 0 amide bonds. The summed E-state index contributed by atoms with van der Waals surface area (Å²) in [4.78, 5) is 18.9. The number of oxazole rings is 1. The Morgan fingerprint density at radius 3 is 2.84 bits per heavy atom. The van der Waals surface area contributed by atoms with Gasteiger partial charge in [-0.1, -0.05) is 24.3 Å². The third-order valence-electron chi connectivity index (χ3n) is 3.79. The molecule has 0 fully saturated rings. The van der Waals surface area contributed by atoms with Gasteiger partial charge in [0, 0.05) is 35.0 Å². The molecule has 0 saturated heterocycles. The van der Waals surface area contributed by atoms with Gasteiger partial charge in [-0.3, -0.25) is 15.1 Å². The number of hydrogen-bond acceptors (Lipinski definition) is 6. The minimum Gasteiger partial charge on any atom is -0.479 e. The third kappa shape index (κ3) is 2.67. The molecule has 25 heavy (non-hydrogen) atoms. The standard InChI is InChI=1S/C18H11N3O4/c22-18-16(9-12-10-19-15-7-2-1-6-14(12)15)20-17(25-18)11-4-3-5-13(8-11)21(23)24/h1-10,22H/b12-9+. The molecule has 1 aromatic heterocycles. The Kier molecular flexibility index (Phi) is 3.39. The highest BCUT2D eigenvalue weighted by atomic mass is 16.6. The lowest BCUT2D eigenvalue weighted by molar-refractivity contribution is -0.384. The SMILES string of the molecule is O=[N+]([O-])c1cccc(-c2nc(/C=C3\C=Nc4ccccc43)c(O)o2)c1. The summed E-state index contributed by atoms with van der Waals surface area (Å²) in [5.74, 6) is -0.247. The molecule has 1 aliphatic rings. The largest absolute Gasteiger partial charge is 0.479 e. The Bertz CT molecular complexity index is 1050. The summed E-state index contributed by atoms with van der Waals surface area (Å²) >= 11 is 0. The zero-order valence-electron chi connectivity index (χ0n) is 12.8. The van der Waals surface area contributed by atoms with Crippen molar-refractivity contribution in [1.29, 1.82) is 0 Å². The molecule has 0 saturated carbocycles. The van der Waals surface area contributed by atoms with E-state index in [0.29, 0.717) is 5.56 Å². The van der Waals surface area contributed by atoms with Gasteiger partial charge in [0.15, 0.2) is 0 Å². The van der Waals surface area contributed by atoms with Gasteiger partial charge in [-0.05, 0) is 18.2 Å². The zero-order chi connectivity index (χ0) is 17.4. The number of non-ortho nitro benzene ring substituents is 1. The highest BCUT2D eigenvalue weighted by molar-refractivity contribution is 6.21. The number of nitrogens with zero attached hydrogens (tertiary/aromatic N) is 3. The maximum Gasteiger partial charge on any atom is 0.310 e. The lowest BCUT2D eigenvalue weighted by Crippen LogP contribution is -1.88. The first kappa shape index (κ1) is 14.8. The van der Waals surface area contributed by atoms with Crippen molar-refractivity contribution in [2.75, 3.05) is 0 Å². The number of para-hydroxylation sites is 1. The Morgan fingerprint density at radius 1 is 1.16 bits per heavy atom. The first-order chi connectivity index (χ1) is 12.1. The van der Waals surface area contributed by atoms with E-state index in [1.807, 2.05) is 24.3 Å². The molecule has 0 spiro atoms. The van der Waals surface area contributed by atoms with Gasteiger partial charge in [-0.25, -0.2) is 4.98 Å². The Hall–Kier alpha value is -3.74. The van der Waals surface area contributed by atoms with Crippen molar-refractivity contribution in [2.24, 2.45) is 4.99 Å². The van der Waals surface area contributed by atoms with Gasteiger partial charge in [0.2, 0.25) is 5.89 Å². The van der Waals surface area contributed by atoms with Crippen LogP contribution in [0, 0.1) is 10.1 Å². The van der Waals surface area contributed by atoms with Crippen molar-refractivity contribution in [2.45, 2.75) is 0 Å². The molecule has 7 heteroatoms. The van der Waals surface area contributed by atoms with E-state index < -0.39 is 4.92 Å². The zero-order valence-corrected chi connectivity index (χ0v) is 12.8. The topological polar surface area (TPSA) is 102 Å². The maximum atomic E-state index is 10.9. The van der Waals surface area contributed by atoms with E-state index in [4.69, 9.17) is 4.42 Å². The number of aromatic nitrogens is 1. The summed E-state index contributed by atoms with van der Waals surface area (Å²) in [6.07, 6.45) is 3.35. The van der Waals surface area contributed by atoms with Crippen LogP contribution in [0.5, 0.6) is 5.95 Å². The van der Waals surface area contributed by atoms with Crippen LogP contribution in [0.25, 0.3) is 23.1 Å². The lowest BCUT2D eigenvalue weighted by atomic mass is 10.1. The van der Waals surface area contributed by atoms with Gasteiger partial charge in [0.1, 0.15) is 5.69 Å². The van der Waals surface area contributed by atoms with E-state index in [0.717, 1.165) is 16.8 Å². The number of allylic oxidation sites excluding steroid dienone is 1. The van der Waals surface area contributed by atoms with Crippen molar-refractivity contribution in [1.82, 2.24) is 4.98 Å². The second kappa shape index (κ2) is 5.72. The summed E-state index contributed by atoms with van der Waals surface area (Å²) in [5, 5.41) is 20.9. The molecule has 1 aliphatic heterocycles. The van der Waals surface area contributed by atoms with E-state index in [2.05, 4.69) is 9.98 Å². The molecular weight excluding hydrogens is 322 g/mol. The Labute approximate surface area is 141 Å². The molecule has 2 aromatic carbocycles. The molecule has 0 atom stereocenters. The fraction of sp³-hybridized carbons (Fsp3) is 0. The fourth-order valence-electron chi connectivity index (χ4n) is 2.60. The van der Waals surface area contributed by atoms with Crippen LogP contribution in [0.4, 0.5) is 11.4 Å². The summed E-state index contributed by atoms with van der Waals surface area (Å²) in [5.41, 5.74) is 3.14. The van der Waals surface area contributed by atoms with Crippen molar-refractivity contribution < 1.29 is 14.4 Å². The molecule has 122 valence electrons. The van der Waals surface area contributed by atoms with Gasteiger partial charge < -0.3 is 9.52 Å². The lowest BCUT2D eigenvalue weighted by Gasteiger charge is -1.97. The highest BCUT2D eigenvalue weighted by Crippen LogP contribution is 2.35. The summed E-state index contributed by atoms with van der Waals surface area (Å²) in [7, 11) is 0. The maximum absolute atomic E-state index is 10.9. The van der Waals surface area contributed by atoms with E-state index >= 15 is 0 Å². The second-order valence-electron chi connectivity index (χ2n) is 5.39. The van der Waals surface area contributed by atoms with Crippen LogP contribution in [-0.2, 0) is 0 Å². The van der Waals surface area contributed by atoms with Crippen LogP contribution in [0.15, 0.2) is 57.9 Å². The highest BCUT2D eigenvalue weighted by Gasteiger charge is 2.17. The average Bonchev–Trinajstić information content (AvgIpc) is 3.20. The normalized spacial score (nSPS) is 14.0. The summed E-state index contributed by atoms with van der Waals surface area (Å²) in [6.45, 7) is 0. The van der Waals surface area contributed by atoms with Crippen LogP contribution >= 0.6 is 0 Å². The molecule has 0 bridgehead atoms. The second-order valence-corrected chi connectivity index (χ2v) is 5.39. The van der Waals surface area contributed by atoms with Gasteiger partial charge in [0.05, 0.1) is 10.6 Å². The molecule has 3 aromatic rings. The van der Waals surface area contributed by atoms with Crippen molar-refractivity contribution >= 4 is 29.2 Å². The van der Waals surface area contributed by atoms with Crippen LogP contribution in [0.1, 0.15) is 11.3 Å². The number of aliphatic imine (C=N–C) groups is 1. The van der Waals surface area contributed by atoms with E-state index in [-0.39, 0.29) is 23.2 Å². The van der Waals surface area contributed by atoms with Crippen molar-refractivity contribution in [3.8, 4) is 17.4 Å². The van der Waals surface area contributed by atoms with Crippen LogP contribution in [-0.4, -0.2) is 21.2 Å². The molecular formula is C18H11N3O4. The van der Waals surface area contributed by atoms with E-state index in [1.165, 1.54) is 18.2 Å². The number of nitro benzene ring substituents is 1. The number of nitro groups is 1. The molecule has 0 radical (unpaired) electrons. The predicted molar refractivity (Wildman–Crippen MR) is 92.7 cm³/mol. The molecule has 0 unspecified atom stereocenters. The molecule has 2 heterocycles. The van der Waals surface area contributed by atoms with Gasteiger partial charge >= 0.3 is 5.95 Å². The number of aromatic hydroxyl groups is 1. The van der Waals surface area contributed by atoms with Crippen LogP contribution in [0.3, 0.4) is 0 Å². The summed E-state index contributed by atoms with van der Waals surface area (Å²) in [6, 6.07) is 13.5. The monoisotopic (exact) mass is 333 g/mol. The number of fused-ring (bicyclic) bond motifs is 1. The quantitative estimate of drug-likeness (QED) is 0.571. The van der Waals surface area contributed by atoms with Gasteiger partial charge in [0.25, 0.3) is 5.69 Å². The van der Waals surface area contributed by atoms with Crippen LogP contribution in [0.2, 0.25) is 0 Å². The van der Waals surface area contributed by atoms with Gasteiger partial charge in [-0.2, -0.15) is 0 Å². The van der Waals surface area contributed by atoms with Gasteiger partial charge in [-0.15, -0.1) is 0 Å². The number of rotatable bonds is 3. The van der Waals surface area contributed by atoms with Crippen molar-refractivity contribution in [3.05, 3.63) is 69.9 Å². The Morgan fingerprint density at radius 2 is 2.00 bits per heavy atom.